The van der Waals surface area contributed by atoms with Crippen molar-refractivity contribution in [2.24, 2.45) is 0 Å². The highest BCUT2D eigenvalue weighted by Crippen LogP contribution is 2.33. The molecule has 2 aliphatic heterocycles. The van der Waals surface area contributed by atoms with Crippen molar-refractivity contribution < 1.29 is 43.1 Å². The molecular weight excluding hydrogens is 506 g/mol. The van der Waals surface area contributed by atoms with Crippen LogP contribution in [0, 0.1) is 0 Å². The standard InChI is InChI=1S/C24H45N3O9S/c28-6-8-32-10-12-34-14-16-36-18-17-35-15-13-33-11-9-31-7-5-25-22(29)4-2-1-3-21-23-20(19-37-21)26-24(30)27-23/h20-21,23,28H,1-19H2,(H,25,29)(H2,26,27,30)/t20-,21-,23-/m0/s1. The monoisotopic (exact) mass is 551 g/mol. The Labute approximate surface area is 224 Å². The SMILES string of the molecule is O=C(CCCC[C@@H]1SC[C@@H]2NC(=O)N[C@@H]21)NCCOCCOCCOCCOCCOCCOCCO. The number of hydrogen-bond donors (Lipinski definition) is 4. The lowest BCUT2D eigenvalue weighted by atomic mass is 10.0. The Morgan fingerprint density at radius 1 is 0.811 bits per heavy atom. The van der Waals surface area contributed by atoms with E-state index in [0.29, 0.717) is 97.5 Å². The third-order valence-electron chi connectivity index (χ3n) is 5.74. The normalized spacial score (nSPS) is 20.6. The molecule has 2 aliphatic rings. The fourth-order valence-corrected chi connectivity index (χ4v) is 5.43. The van der Waals surface area contributed by atoms with Crippen molar-refractivity contribution in [3.8, 4) is 0 Å². The third-order valence-corrected chi connectivity index (χ3v) is 7.25. The van der Waals surface area contributed by atoms with E-state index in [1.165, 1.54) is 0 Å². The van der Waals surface area contributed by atoms with Gasteiger partial charge < -0.3 is 49.5 Å². The zero-order chi connectivity index (χ0) is 26.4. The number of carbonyl (C=O) groups is 2. The molecule has 4 N–H and O–H groups in total. The number of aliphatic hydroxyl groups excluding tert-OH is 1. The number of urea groups is 1. The molecule has 2 heterocycles. The van der Waals surface area contributed by atoms with Crippen LogP contribution in [-0.4, -0.2) is 133 Å². The summed E-state index contributed by atoms with van der Waals surface area (Å²) in [6.45, 7) is 6.16. The molecule has 0 aromatic carbocycles. The Kier molecular flexibility index (Phi) is 18.8. The number of nitrogens with one attached hydrogen (secondary N) is 3. The van der Waals surface area contributed by atoms with Crippen LogP contribution in [0.3, 0.4) is 0 Å². The molecular formula is C24H45N3O9S. The molecule has 0 aromatic heterocycles. The van der Waals surface area contributed by atoms with Crippen molar-refractivity contribution in [2.45, 2.75) is 43.0 Å². The quantitative estimate of drug-likeness (QED) is 0.0898. The van der Waals surface area contributed by atoms with Gasteiger partial charge in [-0.3, -0.25) is 4.79 Å². The number of unbranched alkanes of at least 4 members (excludes halogenated alkanes) is 1. The second-order valence-corrected chi connectivity index (χ2v) is 9.89. The molecule has 13 heteroatoms. The van der Waals surface area contributed by atoms with Gasteiger partial charge in [0, 0.05) is 24.0 Å². The van der Waals surface area contributed by atoms with Crippen LogP contribution >= 0.6 is 11.8 Å². The van der Waals surface area contributed by atoms with Gasteiger partial charge in [-0.15, -0.1) is 0 Å². The summed E-state index contributed by atoms with van der Waals surface area (Å²) in [5.74, 6) is 1.01. The Hall–Kier alpha value is -1.19. The zero-order valence-corrected chi connectivity index (χ0v) is 22.6. The van der Waals surface area contributed by atoms with Crippen LogP contribution in [0.15, 0.2) is 0 Å². The summed E-state index contributed by atoms with van der Waals surface area (Å²) in [7, 11) is 0. The van der Waals surface area contributed by atoms with Crippen molar-refractivity contribution in [3.05, 3.63) is 0 Å². The lowest BCUT2D eigenvalue weighted by molar-refractivity contribution is -0.121. The van der Waals surface area contributed by atoms with Crippen LogP contribution in [0.5, 0.6) is 0 Å². The summed E-state index contributed by atoms with van der Waals surface area (Å²) in [5, 5.41) is 17.8. The minimum atomic E-state index is -0.0582. The Balaban J connectivity index is 1.23. The molecule has 2 rings (SSSR count). The van der Waals surface area contributed by atoms with E-state index in [2.05, 4.69) is 16.0 Å². The second kappa shape index (κ2) is 21.7. The summed E-state index contributed by atoms with van der Waals surface area (Å²) in [4.78, 5) is 23.4. The molecule has 2 fully saturated rings. The highest BCUT2D eigenvalue weighted by molar-refractivity contribution is 8.00. The number of aliphatic hydroxyl groups is 1. The molecule has 12 nitrogen and oxygen atoms in total. The minimum Gasteiger partial charge on any atom is -0.394 e. The number of rotatable bonds is 25. The molecule has 3 amide bonds. The lowest BCUT2D eigenvalue weighted by Crippen LogP contribution is -2.36. The maximum Gasteiger partial charge on any atom is 0.315 e. The van der Waals surface area contributed by atoms with Gasteiger partial charge in [-0.05, 0) is 12.8 Å². The summed E-state index contributed by atoms with van der Waals surface area (Å²) < 4.78 is 32.1. The average Bonchev–Trinajstić information content (AvgIpc) is 3.44. The van der Waals surface area contributed by atoms with Crippen LogP contribution in [0.2, 0.25) is 0 Å². The number of hydrogen-bond acceptors (Lipinski definition) is 10. The summed E-state index contributed by atoms with van der Waals surface area (Å²) in [6, 6.07) is 0.422. The predicted octanol–water partition coefficient (Wildman–Crippen LogP) is -0.0797. The van der Waals surface area contributed by atoms with Crippen molar-refractivity contribution in [1.82, 2.24) is 16.0 Å². The van der Waals surface area contributed by atoms with E-state index >= 15 is 0 Å². The van der Waals surface area contributed by atoms with Crippen LogP contribution < -0.4 is 16.0 Å². The van der Waals surface area contributed by atoms with E-state index in [9.17, 15) is 9.59 Å². The predicted molar refractivity (Wildman–Crippen MR) is 139 cm³/mol. The van der Waals surface area contributed by atoms with Gasteiger partial charge in [-0.25, -0.2) is 4.79 Å². The summed E-state index contributed by atoms with van der Waals surface area (Å²) in [5.41, 5.74) is 0. The Bertz CT molecular complexity index is 606. The summed E-state index contributed by atoms with van der Waals surface area (Å²) >= 11 is 1.90. The summed E-state index contributed by atoms with van der Waals surface area (Å²) in [6.07, 6.45) is 3.36. The van der Waals surface area contributed by atoms with Crippen molar-refractivity contribution in [1.29, 1.82) is 0 Å². The molecule has 37 heavy (non-hydrogen) atoms. The van der Waals surface area contributed by atoms with Crippen LogP contribution in [0.25, 0.3) is 0 Å². The number of thioether (sulfide) groups is 1. The van der Waals surface area contributed by atoms with Crippen molar-refractivity contribution >= 4 is 23.7 Å². The maximum atomic E-state index is 12.0. The molecule has 2 saturated heterocycles. The van der Waals surface area contributed by atoms with E-state index in [-0.39, 0.29) is 30.6 Å². The van der Waals surface area contributed by atoms with Crippen molar-refractivity contribution in [2.75, 3.05) is 98.2 Å². The van der Waals surface area contributed by atoms with Gasteiger partial charge >= 0.3 is 6.03 Å². The van der Waals surface area contributed by atoms with Gasteiger partial charge in [0.1, 0.15) is 0 Å². The van der Waals surface area contributed by atoms with Crippen LogP contribution in [0.1, 0.15) is 25.7 Å². The van der Waals surface area contributed by atoms with Gasteiger partial charge in [-0.1, -0.05) is 6.42 Å². The van der Waals surface area contributed by atoms with E-state index in [1.807, 2.05) is 11.8 Å². The largest absolute Gasteiger partial charge is 0.394 e. The van der Waals surface area contributed by atoms with E-state index in [4.69, 9.17) is 33.5 Å². The van der Waals surface area contributed by atoms with Crippen molar-refractivity contribution in [3.63, 3.8) is 0 Å². The molecule has 216 valence electrons. The fraction of sp³-hybridized carbons (Fsp3) is 0.917. The highest BCUT2D eigenvalue weighted by atomic mass is 32.2. The van der Waals surface area contributed by atoms with Crippen LogP contribution in [0.4, 0.5) is 4.79 Å². The molecule has 0 aliphatic carbocycles. The first-order chi connectivity index (χ1) is 18.2. The first-order valence-electron chi connectivity index (χ1n) is 13.2. The van der Waals surface area contributed by atoms with Gasteiger partial charge in [-0.2, -0.15) is 11.8 Å². The molecule has 3 atom stereocenters. The first kappa shape index (κ1) is 32.0. The first-order valence-corrected chi connectivity index (χ1v) is 14.3. The van der Waals surface area contributed by atoms with Gasteiger partial charge in [0.15, 0.2) is 0 Å². The van der Waals surface area contributed by atoms with E-state index in [1.54, 1.807) is 0 Å². The molecule has 0 aromatic rings. The number of carbonyl (C=O) groups excluding carboxylic acids is 2. The molecule has 0 saturated carbocycles. The minimum absolute atomic E-state index is 0.0226. The zero-order valence-electron chi connectivity index (χ0n) is 21.8. The van der Waals surface area contributed by atoms with Gasteiger partial charge in [0.05, 0.1) is 98.0 Å². The Morgan fingerprint density at radius 2 is 1.35 bits per heavy atom. The number of ether oxygens (including phenoxy) is 6. The molecule has 0 radical (unpaired) electrons. The van der Waals surface area contributed by atoms with E-state index in [0.717, 1.165) is 25.0 Å². The van der Waals surface area contributed by atoms with Crippen LogP contribution in [-0.2, 0) is 33.2 Å². The average molecular weight is 552 g/mol. The van der Waals surface area contributed by atoms with E-state index < -0.39 is 0 Å². The Morgan fingerprint density at radius 3 is 1.92 bits per heavy atom. The molecule has 0 spiro atoms. The molecule has 0 unspecified atom stereocenters. The lowest BCUT2D eigenvalue weighted by Gasteiger charge is -2.16. The topological polar surface area (TPSA) is 146 Å². The second-order valence-electron chi connectivity index (χ2n) is 8.62. The highest BCUT2D eigenvalue weighted by Gasteiger charge is 2.42. The van der Waals surface area contributed by atoms with Gasteiger partial charge in [0.25, 0.3) is 0 Å². The van der Waals surface area contributed by atoms with Gasteiger partial charge in [0.2, 0.25) is 5.91 Å². The fourth-order valence-electron chi connectivity index (χ4n) is 3.89. The third kappa shape index (κ3) is 15.7. The molecule has 0 bridgehead atoms. The maximum absolute atomic E-state index is 12.0. The smallest absolute Gasteiger partial charge is 0.315 e. The number of fused-ring (bicyclic) bond motifs is 1. The number of amides is 3.